The largest absolute Gasteiger partial charge is 0.338 e. The van der Waals surface area contributed by atoms with Crippen molar-refractivity contribution in [3.63, 3.8) is 0 Å². The van der Waals surface area contributed by atoms with Gasteiger partial charge >= 0.3 is 0 Å². The lowest BCUT2D eigenvalue weighted by molar-refractivity contribution is 0.0806. The van der Waals surface area contributed by atoms with Crippen molar-refractivity contribution >= 4 is 37.2 Å². The first-order valence-electron chi connectivity index (χ1n) is 5.26. The average Bonchev–Trinajstić information content (AvgIpc) is 2.25. The molecule has 0 saturated carbocycles. The predicted molar refractivity (Wildman–Crippen MR) is 76.3 cm³/mol. The predicted octanol–water partition coefficient (Wildman–Crippen LogP) is 2.92. The molecule has 4 nitrogen and oxygen atoms in total. The number of benzene rings is 1. The van der Waals surface area contributed by atoms with E-state index < -0.39 is 9.05 Å². The molecule has 0 aliphatic carbocycles. The van der Waals surface area contributed by atoms with Crippen molar-refractivity contribution in [2.45, 2.75) is 11.8 Å². The standard InChI is InChI=1S/C12H13Cl2NO3S/c1-8(2)7-15(3)12(16)9-4-10(13)6-11(5-9)19(14,17)18/h4-6H,1,7H2,2-3H3. The van der Waals surface area contributed by atoms with Gasteiger partial charge in [-0.1, -0.05) is 23.8 Å². The molecule has 0 fully saturated rings. The van der Waals surface area contributed by atoms with Gasteiger partial charge in [-0.3, -0.25) is 4.79 Å². The summed E-state index contributed by atoms with van der Waals surface area (Å²) in [5, 5.41) is 0.133. The molecule has 1 rings (SSSR count). The molecule has 0 N–H and O–H groups in total. The van der Waals surface area contributed by atoms with E-state index >= 15 is 0 Å². The van der Waals surface area contributed by atoms with E-state index in [0.29, 0.717) is 6.54 Å². The van der Waals surface area contributed by atoms with Crippen LogP contribution in [0.4, 0.5) is 0 Å². The van der Waals surface area contributed by atoms with Crippen molar-refractivity contribution in [2.24, 2.45) is 0 Å². The zero-order valence-electron chi connectivity index (χ0n) is 10.5. The second kappa shape index (κ2) is 5.94. The van der Waals surface area contributed by atoms with Crippen LogP contribution in [0.3, 0.4) is 0 Å². The highest BCUT2D eigenvalue weighted by atomic mass is 35.7. The first-order valence-corrected chi connectivity index (χ1v) is 7.95. The van der Waals surface area contributed by atoms with Gasteiger partial charge in [-0.05, 0) is 25.1 Å². The summed E-state index contributed by atoms with van der Waals surface area (Å²) in [6, 6.07) is 3.79. The molecule has 19 heavy (non-hydrogen) atoms. The quantitative estimate of drug-likeness (QED) is 0.633. The molecule has 0 atom stereocenters. The monoisotopic (exact) mass is 321 g/mol. The Morgan fingerprint density at radius 3 is 2.42 bits per heavy atom. The molecule has 0 saturated heterocycles. The molecule has 0 radical (unpaired) electrons. The van der Waals surface area contributed by atoms with Gasteiger partial charge in [-0.15, -0.1) is 0 Å². The minimum absolute atomic E-state index is 0.133. The van der Waals surface area contributed by atoms with Crippen LogP contribution < -0.4 is 0 Å². The SMILES string of the molecule is C=C(C)CN(C)C(=O)c1cc(Cl)cc(S(=O)(=O)Cl)c1. The van der Waals surface area contributed by atoms with Gasteiger partial charge in [0.15, 0.2) is 0 Å². The Balaban J connectivity index is 3.18. The van der Waals surface area contributed by atoms with Gasteiger partial charge in [0.2, 0.25) is 0 Å². The van der Waals surface area contributed by atoms with Crippen molar-refractivity contribution in [1.29, 1.82) is 0 Å². The Labute approximate surface area is 122 Å². The van der Waals surface area contributed by atoms with Crippen LogP contribution in [0.2, 0.25) is 5.02 Å². The summed E-state index contributed by atoms with van der Waals surface area (Å²) in [6.45, 7) is 5.87. The molecule has 0 aromatic heterocycles. The smallest absolute Gasteiger partial charge is 0.261 e. The molecule has 0 spiro atoms. The van der Waals surface area contributed by atoms with Crippen LogP contribution >= 0.6 is 22.3 Å². The number of hydrogen-bond acceptors (Lipinski definition) is 3. The van der Waals surface area contributed by atoms with E-state index in [4.69, 9.17) is 22.3 Å². The fraction of sp³-hybridized carbons (Fsp3) is 0.250. The van der Waals surface area contributed by atoms with Crippen molar-refractivity contribution < 1.29 is 13.2 Å². The number of nitrogens with zero attached hydrogens (tertiary/aromatic N) is 1. The topological polar surface area (TPSA) is 54.5 Å². The molecule has 0 unspecified atom stereocenters. The Kier molecular flexibility index (Phi) is 5.01. The van der Waals surface area contributed by atoms with E-state index in [1.165, 1.54) is 23.1 Å². The minimum Gasteiger partial charge on any atom is -0.338 e. The van der Waals surface area contributed by atoms with E-state index in [0.717, 1.165) is 5.57 Å². The van der Waals surface area contributed by atoms with Crippen LogP contribution in [0, 0.1) is 0 Å². The zero-order chi connectivity index (χ0) is 14.8. The number of amides is 1. The van der Waals surface area contributed by atoms with Gasteiger partial charge in [0.25, 0.3) is 15.0 Å². The van der Waals surface area contributed by atoms with Crippen LogP contribution in [0.1, 0.15) is 17.3 Å². The van der Waals surface area contributed by atoms with E-state index in [1.54, 1.807) is 14.0 Å². The number of carbonyl (C=O) groups excluding carboxylic acids is 1. The van der Waals surface area contributed by atoms with Crippen LogP contribution in [0.5, 0.6) is 0 Å². The third kappa shape index (κ3) is 4.53. The van der Waals surface area contributed by atoms with Gasteiger partial charge < -0.3 is 4.90 Å². The van der Waals surface area contributed by atoms with Gasteiger partial charge in [-0.2, -0.15) is 0 Å². The van der Waals surface area contributed by atoms with Crippen LogP contribution in [0.15, 0.2) is 35.2 Å². The summed E-state index contributed by atoms with van der Waals surface area (Å²) in [6.07, 6.45) is 0. The summed E-state index contributed by atoms with van der Waals surface area (Å²) in [5.41, 5.74) is 0.971. The maximum Gasteiger partial charge on any atom is 0.261 e. The maximum absolute atomic E-state index is 12.1. The normalized spacial score (nSPS) is 11.2. The first-order chi connectivity index (χ1) is 8.61. The minimum atomic E-state index is -3.93. The Morgan fingerprint density at radius 1 is 1.37 bits per heavy atom. The first kappa shape index (κ1) is 16.0. The highest BCUT2D eigenvalue weighted by Crippen LogP contribution is 2.22. The second-order valence-corrected chi connectivity index (χ2v) is 7.23. The lowest BCUT2D eigenvalue weighted by atomic mass is 10.2. The second-order valence-electron chi connectivity index (χ2n) is 4.23. The van der Waals surface area contributed by atoms with Crippen molar-refractivity contribution in [3.05, 3.63) is 40.9 Å². The average molecular weight is 322 g/mol. The molecule has 1 aromatic carbocycles. The summed E-state index contributed by atoms with van der Waals surface area (Å²) in [5.74, 6) is -0.355. The molecule has 1 aromatic rings. The molecular weight excluding hydrogens is 309 g/mol. The number of halogens is 2. The summed E-state index contributed by atoms with van der Waals surface area (Å²) < 4.78 is 22.6. The fourth-order valence-corrected chi connectivity index (χ4v) is 2.63. The van der Waals surface area contributed by atoms with Crippen LogP contribution in [0.25, 0.3) is 0 Å². The Hall–Kier alpha value is -1.04. The van der Waals surface area contributed by atoms with Crippen molar-refractivity contribution in [2.75, 3.05) is 13.6 Å². The zero-order valence-corrected chi connectivity index (χ0v) is 12.8. The lowest BCUT2D eigenvalue weighted by Crippen LogP contribution is -2.28. The van der Waals surface area contributed by atoms with Crippen LogP contribution in [-0.2, 0) is 9.05 Å². The fourth-order valence-electron chi connectivity index (χ4n) is 1.52. The number of carbonyl (C=O) groups is 1. The van der Waals surface area contributed by atoms with Gasteiger partial charge in [0.1, 0.15) is 0 Å². The van der Waals surface area contributed by atoms with E-state index in [9.17, 15) is 13.2 Å². The Bertz CT molecular complexity index is 626. The van der Waals surface area contributed by atoms with E-state index in [1.807, 2.05) is 0 Å². The van der Waals surface area contributed by atoms with Gasteiger partial charge in [0.05, 0.1) is 4.90 Å². The molecular formula is C12H13Cl2NO3S. The molecule has 7 heteroatoms. The van der Waals surface area contributed by atoms with Crippen molar-refractivity contribution in [1.82, 2.24) is 4.90 Å². The molecule has 0 bridgehead atoms. The summed E-state index contributed by atoms with van der Waals surface area (Å²) in [4.78, 5) is 13.3. The van der Waals surface area contributed by atoms with Gasteiger partial charge in [-0.25, -0.2) is 8.42 Å². The van der Waals surface area contributed by atoms with Gasteiger partial charge in [0, 0.05) is 34.9 Å². The molecule has 104 valence electrons. The highest BCUT2D eigenvalue weighted by molar-refractivity contribution is 8.13. The number of rotatable bonds is 4. The van der Waals surface area contributed by atoms with Crippen LogP contribution in [-0.4, -0.2) is 32.8 Å². The van der Waals surface area contributed by atoms with Crippen molar-refractivity contribution in [3.8, 4) is 0 Å². The highest BCUT2D eigenvalue weighted by Gasteiger charge is 2.17. The Morgan fingerprint density at radius 2 is 1.95 bits per heavy atom. The molecule has 1 amide bonds. The lowest BCUT2D eigenvalue weighted by Gasteiger charge is -2.17. The third-order valence-electron chi connectivity index (χ3n) is 2.25. The maximum atomic E-state index is 12.1. The molecule has 0 aliphatic heterocycles. The molecule has 0 heterocycles. The third-order valence-corrected chi connectivity index (χ3v) is 3.81. The number of hydrogen-bond donors (Lipinski definition) is 0. The van der Waals surface area contributed by atoms with E-state index in [-0.39, 0.29) is 21.4 Å². The molecule has 0 aliphatic rings. The summed E-state index contributed by atoms with van der Waals surface area (Å²) >= 11 is 5.80. The number of likely N-dealkylation sites (N-methyl/N-ethyl adjacent to an activating group) is 1. The summed E-state index contributed by atoms with van der Waals surface area (Å²) in [7, 11) is 2.91. The van der Waals surface area contributed by atoms with E-state index in [2.05, 4.69) is 6.58 Å².